The molecule has 19 heavy (non-hydrogen) atoms. The van der Waals surface area contributed by atoms with Gasteiger partial charge in [-0.1, -0.05) is 0 Å². The van der Waals surface area contributed by atoms with Gasteiger partial charge in [-0.3, -0.25) is 4.98 Å². The Kier molecular flexibility index (Phi) is 2.79. The molecule has 0 aliphatic carbocycles. The summed E-state index contributed by atoms with van der Waals surface area (Å²) in [6.45, 7) is 4.07. The Bertz CT molecular complexity index is 704. The lowest BCUT2D eigenvalue weighted by atomic mass is 10.1. The van der Waals surface area contributed by atoms with Crippen LogP contribution in [0.5, 0.6) is 0 Å². The second kappa shape index (κ2) is 4.61. The van der Waals surface area contributed by atoms with Gasteiger partial charge in [0.1, 0.15) is 12.0 Å². The summed E-state index contributed by atoms with van der Waals surface area (Å²) in [6.07, 6.45) is 3.34. The molecule has 3 aromatic rings. The molecular formula is C14H13N5. The third-order valence-electron chi connectivity index (χ3n) is 2.81. The van der Waals surface area contributed by atoms with Crippen LogP contribution in [0.25, 0.3) is 22.9 Å². The third-order valence-corrected chi connectivity index (χ3v) is 2.81. The second-order valence-corrected chi connectivity index (χ2v) is 4.47. The molecule has 0 aromatic carbocycles. The summed E-state index contributed by atoms with van der Waals surface area (Å²) in [5.74, 6) is 0.664. The number of nitrogens with zero attached hydrogens (tertiary/aromatic N) is 4. The van der Waals surface area contributed by atoms with Gasteiger partial charge in [-0.25, -0.2) is 4.98 Å². The third kappa shape index (κ3) is 2.35. The lowest BCUT2D eigenvalue weighted by molar-refractivity contribution is 1.08. The molecule has 0 bridgehead atoms. The Balaban J connectivity index is 2.12. The molecule has 0 radical (unpaired) electrons. The van der Waals surface area contributed by atoms with E-state index >= 15 is 0 Å². The number of pyridine rings is 2. The van der Waals surface area contributed by atoms with Crippen LogP contribution in [0, 0.1) is 13.8 Å². The summed E-state index contributed by atoms with van der Waals surface area (Å²) in [4.78, 5) is 11.9. The number of rotatable bonds is 2. The van der Waals surface area contributed by atoms with Gasteiger partial charge in [-0.2, -0.15) is 0 Å². The minimum absolute atomic E-state index is 0.664. The van der Waals surface area contributed by atoms with Gasteiger partial charge < -0.3 is 4.98 Å². The molecule has 3 rings (SSSR count). The van der Waals surface area contributed by atoms with Crippen molar-refractivity contribution in [2.24, 2.45) is 0 Å². The van der Waals surface area contributed by atoms with E-state index in [-0.39, 0.29) is 0 Å². The summed E-state index contributed by atoms with van der Waals surface area (Å²) in [6, 6.07) is 7.98. The fraction of sp³-hybridized carbons (Fsp3) is 0.143. The Morgan fingerprint density at radius 2 is 1.74 bits per heavy atom. The van der Waals surface area contributed by atoms with E-state index in [4.69, 9.17) is 0 Å². The van der Waals surface area contributed by atoms with Gasteiger partial charge in [0.2, 0.25) is 0 Å². The van der Waals surface area contributed by atoms with Crippen LogP contribution < -0.4 is 0 Å². The van der Waals surface area contributed by atoms with Crippen molar-refractivity contribution in [3.05, 3.63) is 47.9 Å². The molecule has 94 valence electrons. The van der Waals surface area contributed by atoms with Crippen LogP contribution in [0.1, 0.15) is 11.1 Å². The molecule has 0 atom stereocenters. The predicted octanol–water partition coefficient (Wildman–Crippen LogP) is 2.55. The van der Waals surface area contributed by atoms with E-state index in [9.17, 15) is 0 Å². The molecule has 0 saturated heterocycles. The van der Waals surface area contributed by atoms with E-state index in [0.29, 0.717) is 5.82 Å². The molecule has 0 amide bonds. The summed E-state index contributed by atoms with van der Waals surface area (Å²) in [5, 5.41) is 7.78. The average molecular weight is 251 g/mol. The number of hydrogen-bond donors (Lipinski definition) is 1. The molecule has 1 N–H and O–H groups in total. The van der Waals surface area contributed by atoms with Gasteiger partial charge in [-0.15, -0.1) is 10.2 Å². The highest BCUT2D eigenvalue weighted by Gasteiger charge is 2.08. The zero-order chi connectivity index (χ0) is 13.2. The number of aromatic amines is 1. The van der Waals surface area contributed by atoms with Crippen LogP contribution in [0.4, 0.5) is 0 Å². The largest absolute Gasteiger partial charge is 0.326 e. The number of aromatic nitrogens is 5. The molecule has 0 aliphatic rings. The van der Waals surface area contributed by atoms with E-state index in [1.54, 1.807) is 12.5 Å². The molecule has 0 saturated carbocycles. The zero-order valence-electron chi connectivity index (χ0n) is 10.8. The summed E-state index contributed by atoms with van der Waals surface area (Å²) in [5.41, 5.74) is 4.75. The van der Waals surface area contributed by atoms with Crippen LogP contribution in [0.2, 0.25) is 0 Å². The Morgan fingerprint density at radius 1 is 0.947 bits per heavy atom. The molecule has 5 nitrogen and oxygen atoms in total. The first-order valence-electron chi connectivity index (χ1n) is 6.00. The van der Waals surface area contributed by atoms with Gasteiger partial charge in [-0.05, 0) is 49.2 Å². The summed E-state index contributed by atoms with van der Waals surface area (Å²) in [7, 11) is 0. The maximum Gasteiger partial charge on any atom is 0.179 e. The summed E-state index contributed by atoms with van der Waals surface area (Å²) < 4.78 is 0. The second-order valence-electron chi connectivity index (χ2n) is 4.47. The molecule has 0 fully saturated rings. The van der Waals surface area contributed by atoms with E-state index in [2.05, 4.69) is 25.1 Å². The SMILES string of the molecule is Cc1ccnc(-c2cc(C)cc(-c3nnc[nH]3)n2)c1. The number of H-pyrrole nitrogens is 1. The van der Waals surface area contributed by atoms with Crippen LogP contribution in [-0.4, -0.2) is 25.1 Å². The first-order valence-corrected chi connectivity index (χ1v) is 6.00. The Hall–Kier alpha value is -2.56. The topological polar surface area (TPSA) is 67.3 Å². The van der Waals surface area contributed by atoms with E-state index in [1.807, 2.05) is 38.1 Å². The summed E-state index contributed by atoms with van der Waals surface area (Å²) >= 11 is 0. The van der Waals surface area contributed by atoms with Gasteiger partial charge >= 0.3 is 0 Å². The molecule has 0 spiro atoms. The fourth-order valence-corrected chi connectivity index (χ4v) is 1.93. The molecule has 0 unspecified atom stereocenters. The monoisotopic (exact) mass is 251 g/mol. The normalized spacial score (nSPS) is 10.6. The highest BCUT2D eigenvalue weighted by molar-refractivity contribution is 5.61. The van der Waals surface area contributed by atoms with Gasteiger partial charge in [0.25, 0.3) is 0 Å². The minimum Gasteiger partial charge on any atom is -0.326 e. The smallest absolute Gasteiger partial charge is 0.179 e. The van der Waals surface area contributed by atoms with E-state index in [1.165, 1.54) is 0 Å². The van der Waals surface area contributed by atoms with Crippen molar-refractivity contribution in [1.29, 1.82) is 0 Å². The first-order chi connectivity index (χ1) is 9.22. The van der Waals surface area contributed by atoms with Crippen LogP contribution in [0.3, 0.4) is 0 Å². The average Bonchev–Trinajstić information content (AvgIpc) is 2.92. The van der Waals surface area contributed by atoms with Crippen LogP contribution in [-0.2, 0) is 0 Å². The maximum absolute atomic E-state index is 4.59. The van der Waals surface area contributed by atoms with Crippen molar-refractivity contribution in [2.75, 3.05) is 0 Å². The van der Waals surface area contributed by atoms with Crippen molar-refractivity contribution < 1.29 is 0 Å². The molecule has 5 heteroatoms. The minimum atomic E-state index is 0.664. The van der Waals surface area contributed by atoms with Gasteiger partial charge in [0.05, 0.1) is 11.4 Å². The quantitative estimate of drug-likeness (QED) is 0.760. The van der Waals surface area contributed by atoms with Crippen molar-refractivity contribution >= 4 is 0 Å². The van der Waals surface area contributed by atoms with E-state index < -0.39 is 0 Å². The standard InChI is InChI=1S/C14H13N5/c1-9-3-4-15-11(5-9)12-6-10(2)7-13(18-12)14-16-8-17-19-14/h3-8H,1-2H3,(H,16,17,19). The number of nitrogens with one attached hydrogen (secondary N) is 1. The highest BCUT2D eigenvalue weighted by atomic mass is 15.2. The van der Waals surface area contributed by atoms with Gasteiger partial charge in [0, 0.05) is 6.20 Å². The predicted molar refractivity (Wildman–Crippen MR) is 72.3 cm³/mol. The lowest BCUT2D eigenvalue weighted by Gasteiger charge is -2.05. The van der Waals surface area contributed by atoms with Crippen molar-refractivity contribution in [2.45, 2.75) is 13.8 Å². The fourth-order valence-electron chi connectivity index (χ4n) is 1.93. The van der Waals surface area contributed by atoms with Crippen LogP contribution >= 0.6 is 0 Å². The molecule has 3 aromatic heterocycles. The first kappa shape index (κ1) is 11.5. The van der Waals surface area contributed by atoms with Crippen LogP contribution in [0.15, 0.2) is 36.8 Å². The Labute approximate surface area is 110 Å². The van der Waals surface area contributed by atoms with E-state index in [0.717, 1.165) is 28.2 Å². The van der Waals surface area contributed by atoms with Crippen molar-refractivity contribution in [3.63, 3.8) is 0 Å². The van der Waals surface area contributed by atoms with Crippen molar-refractivity contribution in [3.8, 4) is 22.9 Å². The molecule has 0 aliphatic heterocycles. The maximum atomic E-state index is 4.59. The zero-order valence-corrected chi connectivity index (χ0v) is 10.8. The Morgan fingerprint density at radius 3 is 2.47 bits per heavy atom. The lowest BCUT2D eigenvalue weighted by Crippen LogP contribution is -1.93. The van der Waals surface area contributed by atoms with Gasteiger partial charge in [0.15, 0.2) is 5.82 Å². The number of aryl methyl sites for hydroxylation is 2. The highest BCUT2D eigenvalue weighted by Crippen LogP contribution is 2.21. The molecule has 3 heterocycles. The number of hydrogen-bond acceptors (Lipinski definition) is 4. The van der Waals surface area contributed by atoms with Crippen molar-refractivity contribution in [1.82, 2.24) is 25.1 Å². The molecular weight excluding hydrogens is 238 g/mol.